The second-order valence-corrected chi connectivity index (χ2v) is 8.37. The number of thiophene rings is 1. The average Bonchev–Trinajstić information content (AvgIpc) is 3.42. The van der Waals surface area contributed by atoms with E-state index in [-0.39, 0.29) is 30.2 Å². The average molecular weight is 415 g/mol. The molecule has 2 fully saturated rings. The molecule has 1 aliphatic carbocycles. The molecular formula is C21H22FN3O3S. The number of hydrogen-bond acceptors (Lipinski definition) is 4. The number of halogens is 1. The summed E-state index contributed by atoms with van der Waals surface area (Å²) in [5.41, 5.74) is 0.838. The minimum Gasteiger partial charge on any atom is -0.351 e. The van der Waals surface area contributed by atoms with E-state index in [0.717, 1.165) is 24.0 Å². The van der Waals surface area contributed by atoms with Crippen molar-refractivity contribution < 1.29 is 18.8 Å². The third-order valence-corrected chi connectivity index (χ3v) is 6.49. The van der Waals surface area contributed by atoms with Crippen molar-refractivity contribution in [1.82, 2.24) is 15.5 Å². The van der Waals surface area contributed by atoms with Crippen molar-refractivity contribution in [3.05, 3.63) is 46.4 Å². The van der Waals surface area contributed by atoms with E-state index in [1.54, 1.807) is 12.1 Å². The number of nitrogens with zero attached hydrogens (tertiary/aromatic N) is 1. The Morgan fingerprint density at radius 2 is 1.90 bits per heavy atom. The van der Waals surface area contributed by atoms with Crippen LogP contribution in [-0.4, -0.2) is 41.4 Å². The quantitative estimate of drug-likeness (QED) is 0.560. The minimum absolute atomic E-state index is 0.136. The van der Waals surface area contributed by atoms with Crippen molar-refractivity contribution in [3.8, 4) is 11.1 Å². The summed E-state index contributed by atoms with van der Waals surface area (Å²) in [6, 6.07) is 7.52. The summed E-state index contributed by atoms with van der Waals surface area (Å²) in [6.07, 6.45) is 3.79. The van der Waals surface area contributed by atoms with Gasteiger partial charge in [0.2, 0.25) is 0 Å². The van der Waals surface area contributed by atoms with E-state index in [0.29, 0.717) is 30.7 Å². The van der Waals surface area contributed by atoms with Gasteiger partial charge in [-0.25, -0.2) is 9.18 Å². The monoisotopic (exact) mass is 415 g/mol. The van der Waals surface area contributed by atoms with Crippen LogP contribution in [0.4, 0.5) is 9.18 Å². The summed E-state index contributed by atoms with van der Waals surface area (Å²) in [5, 5.41) is 7.53. The van der Waals surface area contributed by atoms with E-state index in [1.165, 1.54) is 28.4 Å². The van der Waals surface area contributed by atoms with Gasteiger partial charge in [0.15, 0.2) is 0 Å². The SMILES string of the molecule is O=C(NCCCN1C(=O)NC2(CCCC2)C1=O)c1sccc1-c1ccc(F)cc1. The molecule has 1 saturated heterocycles. The van der Waals surface area contributed by atoms with E-state index in [2.05, 4.69) is 10.6 Å². The standard InChI is InChI=1S/C21H22FN3O3S/c22-15-6-4-14(5-7-15)16-8-13-29-17(16)18(26)23-11-3-12-25-19(27)21(24-20(25)28)9-1-2-10-21/h4-8,13H,1-3,9-12H2,(H,23,26)(H,24,28). The van der Waals surface area contributed by atoms with Crippen LogP contribution in [0.25, 0.3) is 11.1 Å². The molecule has 8 heteroatoms. The molecule has 1 spiro atoms. The largest absolute Gasteiger partial charge is 0.351 e. The van der Waals surface area contributed by atoms with Crippen LogP contribution in [0.2, 0.25) is 0 Å². The van der Waals surface area contributed by atoms with Crippen LogP contribution < -0.4 is 10.6 Å². The topological polar surface area (TPSA) is 78.5 Å². The van der Waals surface area contributed by atoms with Gasteiger partial charge in [-0.2, -0.15) is 0 Å². The fraction of sp³-hybridized carbons (Fsp3) is 0.381. The summed E-state index contributed by atoms with van der Waals surface area (Å²) in [6.45, 7) is 0.631. The van der Waals surface area contributed by atoms with Gasteiger partial charge in [-0.15, -0.1) is 11.3 Å². The van der Waals surface area contributed by atoms with E-state index in [1.807, 2.05) is 11.4 Å². The molecule has 4 rings (SSSR count). The first-order valence-electron chi connectivity index (χ1n) is 9.76. The first-order valence-corrected chi connectivity index (χ1v) is 10.6. The maximum Gasteiger partial charge on any atom is 0.325 e. The predicted octanol–water partition coefficient (Wildman–Crippen LogP) is 3.54. The fourth-order valence-corrected chi connectivity index (χ4v) is 4.89. The molecule has 2 aliphatic rings. The maximum atomic E-state index is 13.1. The Morgan fingerprint density at radius 1 is 1.17 bits per heavy atom. The van der Waals surface area contributed by atoms with E-state index in [9.17, 15) is 18.8 Å². The van der Waals surface area contributed by atoms with E-state index < -0.39 is 5.54 Å². The summed E-state index contributed by atoms with van der Waals surface area (Å²) in [7, 11) is 0. The molecule has 29 heavy (non-hydrogen) atoms. The van der Waals surface area contributed by atoms with Crippen LogP contribution in [0.1, 0.15) is 41.8 Å². The Balaban J connectivity index is 1.31. The highest BCUT2D eigenvalue weighted by molar-refractivity contribution is 7.12. The van der Waals surface area contributed by atoms with E-state index >= 15 is 0 Å². The highest BCUT2D eigenvalue weighted by Crippen LogP contribution is 2.35. The molecule has 1 aromatic heterocycles. The fourth-order valence-electron chi connectivity index (χ4n) is 4.06. The molecular weight excluding hydrogens is 393 g/mol. The number of imide groups is 1. The summed E-state index contributed by atoms with van der Waals surface area (Å²) in [5.74, 6) is -0.679. The minimum atomic E-state index is -0.693. The Kier molecular flexibility index (Phi) is 5.36. The van der Waals surface area contributed by atoms with Crippen LogP contribution in [0, 0.1) is 5.82 Å². The lowest BCUT2D eigenvalue weighted by atomic mass is 9.98. The Morgan fingerprint density at radius 3 is 2.62 bits per heavy atom. The Labute approximate surface area is 172 Å². The van der Waals surface area contributed by atoms with Crippen LogP contribution in [0.5, 0.6) is 0 Å². The summed E-state index contributed by atoms with van der Waals surface area (Å²) in [4.78, 5) is 39.2. The van der Waals surface area contributed by atoms with Gasteiger partial charge >= 0.3 is 6.03 Å². The number of rotatable bonds is 6. The van der Waals surface area contributed by atoms with Crippen molar-refractivity contribution in [3.63, 3.8) is 0 Å². The molecule has 4 amide bonds. The van der Waals surface area contributed by atoms with Crippen LogP contribution in [0.15, 0.2) is 35.7 Å². The lowest BCUT2D eigenvalue weighted by Crippen LogP contribution is -2.44. The molecule has 2 heterocycles. The van der Waals surface area contributed by atoms with Crippen molar-refractivity contribution in [2.75, 3.05) is 13.1 Å². The highest BCUT2D eigenvalue weighted by atomic mass is 32.1. The van der Waals surface area contributed by atoms with Gasteiger partial charge in [0.05, 0.1) is 4.88 Å². The lowest BCUT2D eigenvalue weighted by Gasteiger charge is -2.20. The number of nitrogens with one attached hydrogen (secondary N) is 2. The first kappa shape index (κ1) is 19.6. The predicted molar refractivity (Wildman–Crippen MR) is 108 cm³/mol. The molecule has 1 aromatic carbocycles. The van der Waals surface area contributed by atoms with Gasteiger partial charge in [-0.1, -0.05) is 25.0 Å². The number of carbonyl (C=O) groups excluding carboxylic acids is 3. The van der Waals surface area contributed by atoms with Gasteiger partial charge in [0.25, 0.3) is 11.8 Å². The highest BCUT2D eigenvalue weighted by Gasteiger charge is 2.51. The third-order valence-electron chi connectivity index (χ3n) is 5.57. The summed E-state index contributed by atoms with van der Waals surface area (Å²) >= 11 is 1.32. The zero-order valence-electron chi connectivity index (χ0n) is 15.9. The zero-order valence-corrected chi connectivity index (χ0v) is 16.7. The van der Waals surface area contributed by atoms with Crippen LogP contribution in [-0.2, 0) is 4.79 Å². The number of benzene rings is 1. The number of amides is 4. The molecule has 0 bridgehead atoms. The van der Waals surface area contributed by atoms with Gasteiger partial charge in [-0.3, -0.25) is 14.5 Å². The molecule has 2 N–H and O–H groups in total. The zero-order chi connectivity index (χ0) is 20.4. The summed E-state index contributed by atoms with van der Waals surface area (Å²) < 4.78 is 13.1. The van der Waals surface area contributed by atoms with Gasteiger partial charge < -0.3 is 10.6 Å². The number of carbonyl (C=O) groups is 3. The number of hydrogen-bond donors (Lipinski definition) is 2. The van der Waals surface area contributed by atoms with Crippen molar-refractivity contribution in [2.45, 2.75) is 37.6 Å². The Bertz CT molecular complexity index is 935. The molecule has 0 atom stereocenters. The van der Waals surface area contributed by atoms with Gasteiger partial charge in [-0.05, 0) is 48.4 Å². The van der Waals surface area contributed by atoms with Crippen molar-refractivity contribution in [1.29, 1.82) is 0 Å². The third kappa shape index (κ3) is 3.76. The molecule has 0 radical (unpaired) electrons. The van der Waals surface area contributed by atoms with E-state index in [4.69, 9.17) is 0 Å². The van der Waals surface area contributed by atoms with Gasteiger partial charge in [0.1, 0.15) is 11.4 Å². The molecule has 152 valence electrons. The molecule has 1 aliphatic heterocycles. The maximum absolute atomic E-state index is 13.1. The second-order valence-electron chi connectivity index (χ2n) is 7.46. The van der Waals surface area contributed by atoms with Crippen LogP contribution in [0.3, 0.4) is 0 Å². The first-order chi connectivity index (χ1) is 14.0. The Hall–Kier alpha value is -2.74. The lowest BCUT2D eigenvalue weighted by molar-refractivity contribution is -0.131. The van der Waals surface area contributed by atoms with Crippen molar-refractivity contribution >= 4 is 29.2 Å². The molecule has 6 nitrogen and oxygen atoms in total. The normalized spacial score (nSPS) is 17.8. The smallest absolute Gasteiger partial charge is 0.325 e. The van der Waals surface area contributed by atoms with Crippen molar-refractivity contribution in [2.24, 2.45) is 0 Å². The number of urea groups is 1. The molecule has 1 saturated carbocycles. The van der Waals surface area contributed by atoms with Gasteiger partial charge in [0, 0.05) is 18.7 Å². The molecule has 2 aromatic rings. The molecule has 0 unspecified atom stereocenters. The van der Waals surface area contributed by atoms with Crippen LogP contribution >= 0.6 is 11.3 Å². The second kappa shape index (κ2) is 7.94.